The van der Waals surface area contributed by atoms with Gasteiger partial charge < -0.3 is 10.5 Å². The molecule has 0 amide bonds. The van der Waals surface area contributed by atoms with E-state index in [2.05, 4.69) is 25.1 Å². The molecule has 0 bridgehead atoms. The minimum atomic E-state index is 0.321. The molecule has 2 N–H and O–H groups in total. The van der Waals surface area contributed by atoms with Gasteiger partial charge in [0.25, 0.3) is 0 Å². The lowest BCUT2D eigenvalue weighted by atomic mass is 9.79. The van der Waals surface area contributed by atoms with Gasteiger partial charge in [-0.25, -0.2) is 0 Å². The number of hydrogen-bond acceptors (Lipinski definition) is 2. The summed E-state index contributed by atoms with van der Waals surface area (Å²) in [6, 6.07) is 6.42. The zero-order chi connectivity index (χ0) is 12.3. The van der Waals surface area contributed by atoms with Crippen LogP contribution < -0.4 is 10.5 Å². The van der Waals surface area contributed by atoms with Gasteiger partial charge in [-0.15, -0.1) is 0 Å². The number of ether oxygens (including phenoxy) is 1. The average molecular weight is 233 g/mol. The van der Waals surface area contributed by atoms with Crippen molar-refractivity contribution in [1.29, 1.82) is 0 Å². The third-order valence-corrected chi connectivity index (χ3v) is 4.10. The molecule has 0 heterocycles. The first-order valence-corrected chi connectivity index (χ1v) is 6.53. The first-order valence-electron chi connectivity index (χ1n) is 6.53. The predicted molar refractivity (Wildman–Crippen MR) is 71.4 cm³/mol. The topological polar surface area (TPSA) is 35.2 Å². The van der Waals surface area contributed by atoms with Crippen LogP contribution in [0, 0.1) is 12.3 Å². The first-order chi connectivity index (χ1) is 8.19. The fourth-order valence-corrected chi connectivity index (χ4v) is 3.03. The third-order valence-electron chi connectivity index (χ3n) is 4.10. The van der Waals surface area contributed by atoms with Gasteiger partial charge in [-0.2, -0.15) is 0 Å². The summed E-state index contributed by atoms with van der Waals surface area (Å²) in [6.07, 6.45) is 6.24. The summed E-state index contributed by atoms with van der Waals surface area (Å²) in [6.45, 7) is 2.93. The van der Waals surface area contributed by atoms with Crippen molar-refractivity contribution in [3.63, 3.8) is 0 Å². The SMILES string of the molecule is COc1ccc(C)cc1CC1(CN)CCCC1. The van der Waals surface area contributed by atoms with E-state index in [0.717, 1.165) is 18.7 Å². The molecule has 1 aliphatic carbocycles. The van der Waals surface area contributed by atoms with E-state index in [1.54, 1.807) is 7.11 Å². The number of hydrogen-bond donors (Lipinski definition) is 1. The summed E-state index contributed by atoms with van der Waals surface area (Å²) in [5.74, 6) is 1.01. The summed E-state index contributed by atoms with van der Waals surface area (Å²) in [5, 5.41) is 0. The third kappa shape index (κ3) is 2.63. The van der Waals surface area contributed by atoms with E-state index in [4.69, 9.17) is 10.5 Å². The molecule has 2 nitrogen and oxygen atoms in total. The second-order valence-corrected chi connectivity index (χ2v) is 5.40. The monoisotopic (exact) mass is 233 g/mol. The van der Waals surface area contributed by atoms with E-state index in [-0.39, 0.29) is 0 Å². The minimum absolute atomic E-state index is 0.321. The Morgan fingerprint density at radius 3 is 2.59 bits per heavy atom. The van der Waals surface area contributed by atoms with Gasteiger partial charge in [0.15, 0.2) is 0 Å². The molecule has 17 heavy (non-hydrogen) atoms. The van der Waals surface area contributed by atoms with Gasteiger partial charge in [-0.1, -0.05) is 30.5 Å². The van der Waals surface area contributed by atoms with Crippen LogP contribution in [0.15, 0.2) is 18.2 Å². The van der Waals surface area contributed by atoms with Crippen molar-refractivity contribution in [1.82, 2.24) is 0 Å². The van der Waals surface area contributed by atoms with Gasteiger partial charge >= 0.3 is 0 Å². The number of methoxy groups -OCH3 is 1. The fraction of sp³-hybridized carbons (Fsp3) is 0.600. The fourth-order valence-electron chi connectivity index (χ4n) is 3.03. The Bertz CT molecular complexity index is 381. The highest BCUT2D eigenvalue weighted by Gasteiger charge is 2.33. The van der Waals surface area contributed by atoms with Crippen molar-refractivity contribution in [2.45, 2.75) is 39.0 Å². The van der Waals surface area contributed by atoms with Crippen molar-refractivity contribution < 1.29 is 4.74 Å². The summed E-state index contributed by atoms with van der Waals surface area (Å²) in [7, 11) is 1.75. The van der Waals surface area contributed by atoms with Crippen LogP contribution in [0.3, 0.4) is 0 Å². The molecule has 0 spiro atoms. The summed E-state index contributed by atoms with van der Waals surface area (Å²) < 4.78 is 5.46. The lowest BCUT2D eigenvalue weighted by molar-refractivity contribution is 0.300. The molecule has 0 unspecified atom stereocenters. The minimum Gasteiger partial charge on any atom is -0.496 e. The van der Waals surface area contributed by atoms with Crippen LogP contribution in [0.25, 0.3) is 0 Å². The molecular formula is C15H23NO. The van der Waals surface area contributed by atoms with Gasteiger partial charge in [0.2, 0.25) is 0 Å². The average Bonchev–Trinajstić information content (AvgIpc) is 2.79. The summed E-state index contributed by atoms with van der Waals surface area (Å²) >= 11 is 0. The molecule has 1 saturated carbocycles. The summed E-state index contributed by atoms with van der Waals surface area (Å²) in [5.41, 5.74) is 8.94. The van der Waals surface area contributed by atoms with Crippen LogP contribution in [-0.4, -0.2) is 13.7 Å². The molecule has 0 radical (unpaired) electrons. The smallest absolute Gasteiger partial charge is 0.122 e. The van der Waals surface area contributed by atoms with Gasteiger partial charge in [-0.05, 0) is 49.8 Å². The number of rotatable bonds is 4. The maximum absolute atomic E-state index is 6.01. The molecule has 1 aliphatic rings. The predicted octanol–water partition coefficient (Wildman–Crippen LogP) is 3.07. The molecule has 0 aliphatic heterocycles. The van der Waals surface area contributed by atoms with Gasteiger partial charge in [0.1, 0.15) is 5.75 Å². The second-order valence-electron chi connectivity index (χ2n) is 5.40. The van der Waals surface area contributed by atoms with Gasteiger partial charge in [0.05, 0.1) is 7.11 Å². The lowest BCUT2D eigenvalue weighted by Crippen LogP contribution is -2.29. The van der Waals surface area contributed by atoms with Gasteiger partial charge in [0, 0.05) is 0 Å². The molecule has 2 heteroatoms. The van der Waals surface area contributed by atoms with E-state index in [0.29, 0.717) is 5.41 Å². The van der Waals surface area contributed by atoms with Crippen molar-refractivity contribution >= 4 is 0 Å². The van der Waals surface area contributed by atoms with Crippen molar-refractivity contribution in [2.75, 3.05) is 13.7 Å². The second kappa shape index (κ2) is 5.09. The van der Waals surface area contributed by atoms with Crippen LogP contribution in [0.2, 0.25) is 0 Å². The standard InChI is InChI=1S/C15H23NO/c1-12-5-6-14(17-2)13(9-12)10-15(11-16)7-3-4-8-15/h5-6,9H,3-4,7-8,10-11,16H2,1-2H3. The Morgan fingerprint density at radius 1 is 1.29 bits per heavy atom. The number of aryl methyl sites for hydroxylation is 1. The molecular weight excluding hydrogens is 210 g/mol. The van der Waals surface area contributed by atoms with Crippen molar-refractivity contribution in [3.05, 3.63) is 29.3 Å². The van der Waals surface area contributed by atoms with E-state index >= 15 is 0 Å². The first kappa shape index (κ1) is 12.4. The lowest BCUT2D eigenvalue weighted by Gasteiger charge is -2.28. The highest BCUT2D eigenvalue weighted by Crippen LogP contribution is 2.41. The van der Waals surface area contributed by atoms with E-state index in [1.165, 1.54) is 36.8 Å². The number of benzene rings is 1. The zero-order valence-corrected chi connectivity index (χ0v) is 11.0. The zero-order valence-electron chi connectivity index (χ0n) is 11.0. The van der Waals surface area contributed by atoms with Crippen molar-refractivity contribution in [2.24, 2.45) is 11.1 Å². The van der Waals surface area contributed by atoms with Crippen molar-refractivity contribution in [3.8, 4) is 5.75 Å². The molecule has 94 valence electrons. The maximum Gasteiger partial charge on any atom is 0.122 e. The molecule has 1 fully saturated rings. The largest absolute Gasteiger partial charge is 0.496 e. The Balaban J connectivity index is 2.24. The van der Waals surface area contributed by atoms with Crippen LogP contribution in [0.1, 0.15) is 36.8 Å². The Morgan fingerprint density at radius 2 is 2.00 bits per heavy atom. The normalized spacial score (nSPS) is 18.3. The quantitative estimate of drug-likeness (QED) is 0.867. The Labute approximate surface area is 104 Å². The Hall–Kier alpha value is -1.02. The highest BCUT2D eigenvalue weighted by molar-refractivity contribution is 5.37. The molecule has 2 rings (SSSR count). The van der Waals surface area contributed by atoms with E-state index in [9.17, 15) is 0 Å². The maximum atomic E-state index is 6.01. The molecule has 0 aromatic heterocycles. The van der Waals surface area contributed by atoms with Crippen LogP contribution in [0.5, 0.6) is 5.75 Å². The molecule has 0 saturated heterocycles. The molecule has 1 aromatic rings. The molecule has 0 atom stereocenters. The van der Waals surface area contributed by atoms with Crippen LogP contribution >= 0.6 is 0 Å². The van der Waals surface area contributed by atoms with E-state index < -0.39 is 0 Å². The van der Waals surface area contributed by atoms with Crippen LogP contribution in [-0.2, 0) is 6.42 Å². The Kier molecular flexibility index (Phi) is 3.72. The molecule has 1 aromatic carbocycles. The van der Waals surface area contributed by atoms with Gasteiger partial charge in [-0.3, -0.25) is 0 Å². The van der Waals surface area contributed by atoms with Crippen LogP contribution in [0.4, 0.5) is 0 Å². The summed E-state index contributed by atoms with van der Waals surface area (Å²) in [4.78, 5) is 0. The number of nitrogens with two attached hydrogens (primary N) is 1. The van der Waals surface area contributed by atoms with E-state index in [1.807, 2.05) is 0 Å². The highest BCUT2D eigenvalue weighted by atomic mass is 16.5.